The molecule has 0 aliphatic rings. The van der Waals surface area contributed by atoms with Crippen molar-refractivity contribution in [3.05, 3.63) is 52.0 Å². The Morgan fingerprint density at radius 1 is 1.20 bits per heavy atom. The maximum absolute atomic E-state index is 4.75. The number of nitrogens with zero attached hydrogens (tertiary/aromatic N) is 1. The van der Waals surface area contributed by atoms with Crippen LogP contribution in [0.1, 0.15) is 54.7 Å². The molecule has 1 unspecified atom stereocenters. The Hall–Kier alpha value is -0.670. The highest BCUT2D eigenvalue weighted by atomic mass is 79.9. The van der Waals surface area contributed by atoms with Gasteiger partial charge in [-0.25, -0.2) is 4.98 Å². The van der Waals surface area contributed by atoms with E-state index in [9.17, 15) is 0 Å². The SMILES string of the molecule is CC(C)(C)c1csc(CCCC(Br)c2ccccc2)n1. The fourth-order valence-electron chi connectivity index (χ4n) is 2.03. The number of rotatable bonds is 5. The smallest absolute Gasteiger partial charge is 0.0928 e. The Morgan fingerprint density at radius 2 is 1.90 bits per heavy atom. The number of thiazole rings is 1. The third-order valence-electron chi connectivity index (χ3n) is 3.33. The molecule has 0 saturated heterocycles. The van der Waals surface area contributed by atoms with Crippen LogP contribution in [0.4, 0.5) is 0 Å². The first kappa shape index (κ1) is 15.7. The fraction of sp³-hybridized carbons (Fsp3) is 0.471. The number of alkyl halides is 1. The lowest BCUT2D eigenvalue weighted by atomic mass is 9.93. The van der Waals surface area contributed by atoms with Crippen molar-refractivity contribution in [2.45, 2.75) is 50.3 Å². The van der Waals surface area contributed by atoms with E-state index in [4.69, 9.17) is 4.98 Å². The maximum atomic E-state index is 4.75. The van der Waals surface area contributed by atoms with Gasteiger partial charge in [0.2, 0.25) is 0 Å². The number of halogens is 1. The highest BCUT2D eigenvalue weighted by Gasteiger charge is 2.17. The number of hydrogen-bond acceptors (Lipinski definition) is 2. The molecular formula is C17H22BrNS. The van der Waals surface area contributed by atoms with Crippen LogP contribution in [0.15, 0.2) is 35.7 Å². The summed E-state index contributed by atoms with van der Waals surface area (Å²) >= 11 is 5.58. The van der Waals surface area contributed by atoms with Crippen molar-refractivity contribution < 1.29 is 0 Å². The second-order valence-electron chi connectivity index (χ2n) is 6.15. The van der Waals surface area contributed by atoms with Crippen LogP contribution < -0.4 is 0 Å². The van der Waals surface area contributed by atoms with Crippen LogP contribution in [0.25, 0.3) is 0 Å². The van der Waals surface area contributed by atoms with E-state index < -0.39 is 0 Å². The molecular weight excluding hydrogens is 330 g/mol. The Morgan fingerprint density at radius 3 is 2.50 bits per heavy atom. The van der Waals surface area contributed by atoms with Crippen LogP contribution in [0.5, 0.6) is 0 Å². The molecule has 2 aromatic rings. The van der Waals surface area contributed by atoms with Crippen molar-refractivity contribution in [1.82, 2.24) is 4.98 Å². The summed E-state index contributed by atoms with van der Waals surface area (Å²) in [5.74, 6) is 0. The van der Waals surface area contributed by atoms with E-state index in [-0.39, 0.29) is 5.41 Å². The molecule has 0 aliphatic carbocycles. The van der Waals surface area contributed by atoms with Crippen molar-refractivity contribution in [2.24, 2.45) is 0 Å². The third-order valence-corrected chi connectivity index (χ3v) is 5.22. The summed E-state index contributed by atoms with van der Waals surface area (Å²) in [6.07, 6.45) is 3.39. The van der Waals surface area contributed by atoms with Gasteiger partial charge >= 0.3 is 0 Å². The maximum Gasteiger partial charge on any atom is 0.0928 e. The minimum absolute atomic E-state index is 0.163. The molecule has 0 fully saturated rings. The van der Waals surface area contributed by atoms with Gasteiger partial charge in [-0.2, -0.15) is 0 Å². The number of hydrogen-bond donors (Lipinski definition) is 0. The van der Waals surface area contributed by atoms with Gasteiger partial charge in [0.15, 0.2) is 0 Å². The zero-order valence-electron chi connectivity index (χ0n) is 12.4. The average molecular weight is 352 g/mol. The molecule has 2 rings (SSSR count). The van der Waals surface area contributed by atoms with Gasteiger partial charge in [-0.05, 0) is 24.8 Å². The predicted molar refractivity (Wildman–Crippen MR) is 91.9 cm³/mol. The average Bonchev–Trinajstić information content (AvgIpc) is 2.88. The van der Waals surface area contributed by atoms with E-state index in [2.05, 4.69) is 72.4 Å². The summed E-state index contributed by atoms with van der Waals surface area (Å²) in [6, 6.07) is 10.6. The van der Waals surface area contributed by atoms with Crippen molar-refractivity contribution in [2.75, 3.05) is 0 Å². The normalized spacial score (nSPS) is 13.4. The fourth-order valence-corrected chi connectivity index (χ4v) is 3.73. The quantitative estimate of drug-likeness (QED) is 0.611. The van der Waals surface area contributed by atoms with E-state index in [0.29, 0.717) is 4.83 Å². The van der Waals surface area contributed by atoms with E-state index in [1.807, 2.05) is 0 Å². The molecule has 108 valence electrons. The zero-order valence-corrected chi connectivity index (χ0v) is 14.8. The van der Waals surface area contributed by atoms with Gasteiger partial charge in [0.25, 0.3) is 0 Å². The molecule has 0 radical (unpaired) electrons. The molecule has 1 atom stereocenters. The molecule has 1 aromatic heterocycles. The second kappa shape index (κ2) is 6.86. The highest BCUT2D eigenvalue weighted by molar-refractivity contribution is 9.09. The number of aromatic nitrogens is 1. The first-order chi connectivity index (χ1) is 9.47. The minimum atomic E-state index is 0.163. The predicted octanol–water partition coefficient (Wildman–Crippen LogP) is 5.90. The molecule has 1 aromatic carbocycles. The molecule has 1 nitrogen and oxygen atoms in total. The molecule has 0 saturated carbocycles. The van der Waals surface area contributed by atoms with Crippen LogP contribution >= 0.6 is 27.3 Å². The summed E-state index contributed by atoms with van der Waals surface area (Å²) in [5.41, 5.74) is 2.74. The van der Waals surface area contributed by atoms with Gasteiger partial charge in [0.1, 0.15) is 0 Å². The summed E-state index contributed by atoms with van der Waals surface area (Å²) in [5, 5.41) is 3.47. The Kier molecular flexibility index (Phi) is 5.39. The van der Waals surface area contributed by atoms with Gasteiger partial charge in [0, 0.05) is 15.6 Å². The molecule has 0 spiro atoms. The van der Waals surface area contributed by atoms with Crippen LogP contribution in [0, 0.1) is 0 Å². The van der Waals surface area contributed by atoms with Gasteiger partial charge in [-0.3, -0.25) is 0 Å². The van der Waals surface area contributed by atoms with E-state index in [1.165, 1.54) is 22.7 Å². The van der Waals surface area contributed by atoms with Crippen molar-refractivity contribution in [3.63, 3.8) is 0 Å². The highest BCUT2D eigenvalue weighted by Crippen LogP contribution is 2.29. The first-order valence-electron chi connectivity index (χ1n) is 7.11. The lowest BCUT2D eigenvalue weighted by Gasteiger charge is -2.14. The van der Waals surface area contributed by atoms with Crippen LogP contribution in [-0.4, -0.2) is 4.98 Å². The Labute approximate surface area is 134 Å². The van der Waals surface area contributed by atoms with Gasteiger partial charge in [-0.15, -0.1) is 11.3 Å². The van der Waals surface area contributed by atoms with Crippen LogP contribution in [0.3, 0.4) is 0 Å². The lowest BCUT2D eigenvalue weighted by Crippen LogP contribution is -2.11. The van der Waals surface area contributed by atoms with Gasteiger partial charge in [-0.1, -0.05) is 67.0 Å². The van der Waals surface area contributed by atoms with Crippen molar-refractivity contribution in [1.29, 1.82) is 0 Å². The molecule has 0 N–H and O–H groups in total. The number of aryl methyl sites for hydroxylation is 1. The van der Waals surface area contributed by atoms with Crippen LogP contribution in [-0.2, 0) is 11.8 Å². The molecule has 3 heteroatoms. The summed E-state index contributed by atoms with van der Waals surface area (Å²) in [7, 11) is 0. The Bertz CT molecular complexity index is 527. The third kappa shape index (κ3) is 4.42. The van der Waals surface area contributed by atoms with E-state index in [0.717, 1.165) is 12.8 Å². The summed E-state index contributed by atoms with van der Waals surface area (Å²) in [6.45, 7) is 6.65. The number of benzene rings is 1. The molecule has 0 bridgehead atoms. The van der Waals surface area contributed by atoms with E-state index in [1.54, 1.807) is 11.3 Å². The van der Waals surface area contributed by atoms with Crippen molar-refractivity contribution >= 4 is 27.3 Å². The first-order valence-corrected chi connectivity index (χ1v) is 8.90. The standard InChI is InChI=1S/C17H22BrNS/c1-17(2,3)15-12-20-16(19-15)11-7-10-14(18)13-8-5-4-6-9-13/h4-6,8-9,12,14H,7,10-11H2,1-3H3. The molecule has 1 heterocycles. The Balaban J connectivity index is 1.83. The molecule has 20 heavy (non-hydrogen) atoms. The van der Waals surface area contributed by atoms with Gasteiger partial charge in [0.05, 0.1) is 10.7 Å². The largest absolute Gasteiger partial charge is 0.246 e. The monoisotopic (exact) mass is 351 g/mol. The summed E-state index contributed by atoms with van der Waals surface area (Å²) < 4.78 is 0. The molecule has 0 aliphatic heterocycles. The van der Waals surface area contributed by atoms with Crippen molar-refractivity contribution in [3.8, 4) is 0 Å². The topological polar surface area (TPSA) is 12.9 Å². The van der Waals surface area contributed by atoms with Crippen LogP contribution in [0.2, 0.25) is 0 Å². The molecule has 0 amide bonds. The van der Waals surface area contributed by atoms with E-state index >= 15 is 0 Å². The second-order valence-corrected chi connectivity index (χ2v) is 8.19. The minimum Gasteiger partial charge on any atom is -0.246 e. The lowest BCUT2D eigenvalue weighted by molar-refractivity contribution is 0.570. The zero-order chi connectivity index (χ0) is 14.6. The van der Waals surface area contributed by atoms with Gasteiger partial charge < -0.3 is 0 Å². The summed E-state index contributed by atoms with van der Waals surface area (Å²) in [4.78, 5) is 5.20.